The first-order valence-electron chi connectivity index (χ1n) is 12.0. The minimum absolute atomic E-state index is 0.0923. The highest BCUT2D eigenvalue weighted by molar-refractivity contribution is 8.01. The number of hydrogen-bond donors (Lipinski definition) is 4. The standard InChI is InChI=1S/C26H29N5O7S/c1-13(32)31(38-16-11-10-15(21(27)28)12-17(16)37-4)19(14-8-6-5-7-9-14)22(33)29-18-23(34)30-20(25(35)36)26(2,3)39-24(18)30/h5-12,18-20,24H,1-4H3,(H3,27,28)(H,29,33)(H,35,36)/t18?,19?,20-,24+/m0/s1. The van der Waals surface area contributed by atoms with Gasteiger partial charge < -0.3 is 30.6 Å². The summed E-state index contributed by atoms with van der Waals surface area (Å²) < 4.78 is 4.59. The number of rotatable bonds is 9. The largest absolute Gasteiger partial charge is 0.493 e. The van der Waals surface area contributed by atoms with Gasteiger partial charge in [0.25, 0.3) is 11.8 Å². The zero-order valence-corrected chi connectivity index (χ0v) is 22.5. The molecule has 4 rings (SSSR count). The first-order chi connectivity index (χ1) is 18.4. The number of carbonyl (C=O) groups excluding carboxylic acids is 3. The lowest BCUT2D eigenvalue weighted by Crippen LogP contribution is -2.71. The molecule has 3 amide bonds. The van der Waals surface area contributed by atoms with Crippen LogP contribution in [0.2, 0.25) is 0 Å². The molecule has 0 aromatic heterocycles. The average molecular weight is 556 g/mol. The second-order valence-corrected chi connectivity index (χ2v) is 11.4. The van der Waals surface area contributed by atoms with Crippen LogP contribution in [0.25, 0.3) is 0 Å². The summed E-state index contributed by atoms with van der Waals surface area (Å²) in [6.45, 7) is 4.70. The lowest BCUT2D eigenvalue weighted by atomic mass is 9.95. The smallest absolute Gasteiger partial charge is 0.327 e. The number of hydroxylamine groups is 2. The summed E-state index contributed by atoms with van der Waals surface area (Å²) in [6, 6.07) is 9.54. The van der Waals surface area contributed by atoms with Gasteiger partial charge in [-0.2, -0.15) is 5.06 Å². The maximum atomic E-state index is 13.7. The predicted octanol–water partition coefficient (Wildman–Crippen LogP) is 1.49. The van der Waals surface area contributed by atoms with Crippen LogP contribution in [0, 0.1) is 5.41 Å². The van der Waals surface area contributed by atoms with Crippen molar-refractivity contribution in [2.75, 3.05) is 7.11 Å². The van der Waals surface area contributed by atoms with Crippen LogP contribution in [0.1, 0.15) is 37.9 Å². The summed E-state index contributed by atoms with van der Waals surface area (Å²) in [5.74, 6) is -2.85. The molecule has 2 unspecified atom stereocenters. The van der Waals surface area contributed by atoms with Crippen molar-refractivity contribution in [2.45, 2.75) is 49.0 Å². The van der Waals surface area contributed by atoms with Crippen molar-refractivity contribution < 1.29 is 33.9 Å². The minimum atomic E-state index is -1.31. The molecule has 13 heteroatoms. The Hall–Kier alpha value is -4.26. The Labute approximate surface area is 228 Å². The van der Waals surface area contributed by atoms with E-state index in [9.17, 15) is 24.3 Å². The molecule has 2 saturated heterocycles. The molecule has 2 aliphatic heterocycles. The number of nitrogens with zero attached hydrogens (tertiary/aromatic N) is 2. The molecule has 206 valence electrons. The van der Waals surface area contributed by atoms with Crippen LogP contribution in [0.5, 0.6) is 11.5 Å². The predicted molar refractivity (Wildman–Crippen MR) is 142 cm³/mol. The Morgan fingerprint density at radius 1 is 1.18 bits per heavy atom. The van der Waals surface area contributed by atoms with Gasteiger partial charge >= 0.3 is 5.97 Å². The molecule has 0 bridgehead atoms. The van der Waals surface area contributed by atoms with Gasteiger partial charge in [-0.3, -0.25) is 19.8 Å². The van der Waals surface area contributed by atoms with E-state index in [2.05, 4.69) is 5.32 Å². The second-order valence-electron chi connectivity index (χ2n) is 9.61. The van der Waals surface area contributed by atoms with Crippen LogP contribution in [-0.4, -0.2) is 73.9 Å². The number of carboxylic acids is 1. The molecule has 5 N–H and O–H groups in total. The van der Waals surface area contributed by atoms with Crippen LogP contribution in [0.3, 0.4) is 0 Å². The zero-order valence-electron chi connectivity index (χ0n) is 21.7. The Bertz CT molecular complexity index is 1340. The molecule has 2 aliphatic rings. The van der Waals surface area contributed by atoms with E-state index < -0.39 is 51.9 Å². The fraction of sp³-hybridized carbons (Fsp3) is 0.346. The molecule has 39 heavy (non-hydrogen) atoms. The number of nitrogens with two attached hydrogens (primary N) is 1. The average Bonchev–Trinajstić information content (AvgIpc) is 3.15. The summed E-state index contributed by atoms with van der Waals surface area (Å²) in [5, 5.41) is 20.3. The number of β-lactam (4-membered cyclic amide) rings is 1. The van der Waals surface area contributed by atoms with E-state index in [1.807, 2.05) is 0 Å². The summed E-state index contributed by atoms with van der Waals surface area (Å²) in [4.78, 5) is 58.6. The van der Waals surface area contributed by atoms with Crippen LogP contribution >= 0.6 is 11.8 Å². The van der Waals surface area contributed by atoms with E-state index in [4.69, 9.17) is 20.7 Å². The molecule has 0 spiro atoms. The molecule has 4 atom stereocenters. The first-order valence-corrected chi connectivity index (χ1v) is 12.8. The van der Waals surface area contributed by atoms with Gasteiger partial charge in [0.05, 0.1) is 7.11 Å². The van der Waals surface area contributed by atoms with E-state index in [1.165, 1.54) is 48.9 Å². The van der Waals surface area contributed by atoms with Gasteiger partial charge in [-0.1, -0.05) is 30.3 Å². The molecule has 2 fully saturated rings. The number of hydrogen-bond acceptors (Lipinski definition) is 8. The van der Waals surface area contributed by atoms with E-state index >= 15 is 0 Å². The van der Waals surface area contributed by atoms with Gasteiger partial charge in [-0.15, -0.1) is 11.8 Å². The quantitative estimate of drug-likeness (QED) is 0.155. The van der Waals surface area contributed by atoms with Crippen molar-refractivity contribution in [2.24, 2.45) is 5.73 Å². The van der Waals surface area contributed by atoms with Crippen LogP contribution in [0.15, 0.2) is 48.5 Å². The first kappa shape index (κ1) is 27.8. The van der Waals surface area contributed by atoms with E-state index in [0.717, 1.165) is 5.06 Å². The number of benzene rings is 2. The van der Waals surface area contributed by atoms with Crippen molar-refractivity contribution in [3.8, 4) is 11.5 Å². The molecular formula is C26H29N5O7S. The number of nitrogen functional groups attached to an aromatic ring is 1. The van der Waals surface area contributed by atoms with Crippen molar-refractivity contribution in [1.29, 1.82) is 5.41 Å². The van der Waals surface area contributed by atoms with E-state index in [1.54, 1.807) is 44.2 Å². The third-order valence-corrected chi connectivity index (χ3v) is 8.12. The fourth-order valence-electron chi connectivity index (χ4n) is 4.72. The number of ether oxygens (including phenoxy) is 1. The molecule has 12 nitrogen and oxygen atoms in total. The fourth-order valence-corrected chi connectivity index (χ4v) is 6.35. The van der Waals surface area contributed by atoms with E-state index in [0.29, 0.717) is 11.1 Å². The molecule has 0 aliphatic carbocycles. The molecule has 2 aromatic carbocycles. The van der Waals surface area contributed by atoms with Crippen LogP contribution < -0.4 is 20.6 Å². The molecule has 2 heterocycles. The third-order valence-electron chi connectivity index (χ3n) is 6.55. The third kappa shape index (κ3) is 5.09. The van der Waals surface area contributed by atoms with Gasteiger partial charge in [0.15, 0.2) is 17.5 Å². The van der Waals surface area contributed by atoms with Crippen LogP contribution in [-0.2, 0) is 19.2 Å². The van der Waals surface area contributed by atoms with Gasteiger partial charge in [0, 0.05) is 17.2 Å². The summed E-state index contributed by atoms with van der Waals surface area (Å²) in [6.07, 6.45) is 0. The number of methoxy groups -OCH3 is 1. The Kier molecular flexibility index (Phi) is 7.46. The molecule has 0 saturated carbocycles. The number of aliphatic carboxylic acids is 1. The summed E-state index contributed by atoms with van der Waals surface area (Å²) >= 11 is 1.29. The number of fused-ring (bicyclic) bond motifs is 1. The lowest BCUT2D eigenvalue weighted by Gasteiger charge is -2.44. The zero-order chi connectivity index (χ0) is 28.6. The van der Waals surface area contributed by atoms with Gasteiger partial charge in [0.2, 0.25) is 5.91 Å². The van der Waals surface area contributed by atoms with Crippen molar-refractivity contribution in [3.63, 3.8) is 0 Å². The van der Waals surface area contributed by atoms with Gasteiger partial charge in [-0.25, -0.2) is 4.79 Å². The number of amides is 3. The monoisotopic (exact) mass is 555 g/mol. The highest BCUT2D eigenvalue weighted by Gasteiger charge is 2.64. The Morgan fingerprint density at radius 3 is 2.41 bits per heavy atom. The number of nitrogens with one attached hydrogen (secondary N) is 2. The maximum absolute atomic E-state index is 13.7. The summed E-state index contributed by atoms with van der Waals surface area (Å²) in [7, 11) is 1.38. The molecule has 2 aromatic rings. The SMILES string of the molecule is COc1cc(C(=N)N)ccc1ON(C(C)=O)C(C(=O)NC1C(=O)N2[C@@H]1SC(C)(C)[C@@H]2C(=O)O)c1ccccc1. The topological polar surface area (TPSA) is 175 Å². The maximum Gasteiger partial charge on any atom is 0.327 e. The second kappa shape index (κ2) is 10.5. The normalized spacial score (nSPS) is 21.7. The minimum Gasteiger partial charge on any atom is -0.493 e. The Morgan fingerprint density at radius 2 is 1.85 bits per heavy atom. The number of amidine groups is 1. The molecule has 0 radical (unpaired) electrons. The summed E-state index contributed by atoms with van der Waals surface area (Å²) in [5.41, 5.74) is 6.34. The van der Waals surface area contributed by atoms with Gasteiger partial charge in [-0.05, 0) is 37.6 Å². The van der Waals surface area contributed by atoms with Crippen molar-refractivity contribution in [1.82, 2.24) is 15.3 Å². The van der Waals surface area contributed by atoms with Crippen molar-refractivity contribution >= 4 is 41.3 Å². The van der Waals surface area contributed by atoms with E-state index in [-0.39, 0.29) is 17.3 Å². The Balaban J connectivity index is 1.65. The van der Waals surface area contributed by atoms with Crippen LogP contribution in [0.4, 0.5) is 0 Å². The number of thioether (sulfide) groups is 1. The molecular weight excluding hydrogens is 526 g/mol. The number of carbonyl (C=O) groups is 4. The van der Waals surface area contributed by atoms with Crippen molar-refractivity contribution in [3.05, 3.63) is 59.7 Å². The van der Waals surface area contributed by atoms with Gasteiger partial charge in [0.1, 0.15) is 23.3 Å². The number of carboxylic acid groups (broad SMARTS) is 1. The highest BCUT2D eigenvalue weighted by atomic mass is 32.2. The lowest BCUT2D eigenvalue weighted by molar-refractivity contribution is -0.172. The highest BCUT2D eigenvalue weighted by Crippen LogP contribution is 2.51.